The molecule has 0 aromatic carbocycles. The van der Waals surface area contributed by atoms with E-state index in [1.807, 2.05) is 26.2 Å². The number of aromatic amines is 1. The van der Waals surface area contributed by atoms with E-state index >= 15 is 0 Å². The number of nitrogens with zero attached hydrogens (tertiary/aromatic N) is 3. The number of nitrogens with one attached hydrogen (secondary N) is 2. The van der Waals surface area contributed by atoms with Gasteiger partial charge in [-0.1, -0.05) is 0 Å². The Bertz CT molecular complexity index is 782. The summed E-state index contributed by atoms with van der Waals surface area (Å²) in [6.07, 6.45) is 3.48. The van der Waals surface area contributed by atoms with Crippen LogP contribution in [0.4, 0.5) is 11.8 Å². The summed E-state index contributed by atoms with van der Waals surface area (Å²) in [5.74, 6) is 1.72. The van der Waals surface area contributed by atoms with Gasteiger partial charge in [-0.25, -0.2) is 15.0 Å². The van der Waals surface area contributed by atoms with E-state index in [0.717, 1.165) is 33.9 Å². The molecule has 0 aliphatic heterocycles. The van der Waals surface area contributed by atoms with Gasteiger partial charge in [0.15, 0.2) is 0 Å². The second-order valence-corrected chi connectivity index (χ2v) is 4.41. The molecule has 0 radical (unpaired) electrons. The maximum absolute atomic E-state index is 5.74. The summed E-state index contributed by atoms with van der Waals surface area (Å²) in [4.78, 5) is 15.8. The minimum Gasteiger partial charge on any atom is -0.493 e. The molecule has 21 heavy (non-hydrogen) atoms. The van der Waals surface area contributed by atoms with Crippen LogP contribution in [0.1, 0.15) is 6.92 Å². The first kappa shape index (κ1) is 13.2. The van der Waals surface area contributed by atoms with Crippen molar-refractivity contribution in [3.63, 3.8) is 0 Å². The van der Waals surface area contributed by atoms with E-state index in [1.165, 1.54) is 0 Å². The summed E-state index contributed by atoms with van der Waals surface area (Å²) >= 11 is 0. The Kier molecular flexibility index (Phi) is 3.31. The molecule has 7 heteroatoms. The van der Waals surface area contributed by atoms with Crippen LogP contribution in [0.5, 0.6) is 5.75 Å². The van der Waals surface area contributed by atoms with Crippen molar-refractivity contribution in [1.82, 2.24) is 19.9 Å². The summed E-state index contributed by atoms with van der Waals surface area (Å²) in [6.45, 7) is 2.51. The minimum atomic E-state index is 0.236. The lowest BCUT2D eigenvalue weighted by molar-refractivity contribution is 0.344. The highest BCUT2D eigenvalue weighted by Gasteiger charge is 2.15. The summed E-state index contributed by atoms with van der Waals surface area (Å²) in [6, 6.07) is 3.68. The molecule has 3 heterocycles. The van der Waals surface area contributed by atoms with Crippen LogP contribution < -0.4 is 15.8 Å². The van der Waals surface area contributed by atoms with Crippen LogP contribution >= 0.6 is 0 Å². The topological polar surface area (TPSA) is 102 Å². The molecule has 0 amide bonds. The number of nitrogens with two attached hydrogens (primary N) is 1. The average molecular weight is 284 g/mol. The molecule has 108 valence electrons. The number of ether oxygens (including phenoxy) is 1. The molecule has 0 unspecified atom stereocenters. The second-order valence-electron chi connectivity index (χ2n) is 4.41. The fraction of sp³-hybridized carbons (Fsp3) is 0.214. The quantitative estimate of drug-likeness (QED) is 0.677. The molecule has 3 aromatic heterocycles. The number of nitrogen functional groups attached to an aromatic ring is 1. The van der Waals surface area contributed by atoms with Crippen LogP contribution in [0.25, 0.3) is 22.3 Å². The fourth-order valence-corrected chi connectivity index (χ4v) is 2.22. The van der Waals surface area contributed by atoms with E-state index in [4.69, 9.17) is 10.5 Å². The Labute approximate surface area is 121 Å². The Morgan fingerprint density at radius 3 is 2.95 bits per heavy atom. The zero-order valence-corrected chi connectivity index (χ0v) is 11.8. The molecule has 0 aliphatic carbocycles. The van der Waals surface area contributed by atoms with Crippen LogP contribution in [0.2, 0.25) is 0 Å². The lowest BCUT2D eigenvalue weighted by Gasteiger charge is -2.09. The van der Waals surface area contributed by atoms with Gasteiger partial charge in [-0.3, -0.25) is 0 Å². The van der Waals surface area contributed by atoms with Crippen LogP contribution in [-0.2, 0) is 0 Å². The van der Waals surface area contributed by atoms with Crippen LogP contribution in [-0.4, -0.2) is 33.6 Å². The summed E-state index contributed by atoms with van der Waals surface area (Å²) in [7, 11) is 1.82. The first-order valence-electron chi connectivity index (χ1n) is 6.64. The molecule has 0 fully saturated rings. The number of anilines is 2. The van der Waals surface area contributed by atoms with Gasteiger partial charge >= 0.3 is 0 Å². The van der Waals surface area contributed by atoms with Gasteiger partial charge in [0.05, 0.1) is 17.7 Å². The molecule has 0 aliphatic rings. The van der Waals surface area contributed by atoms with Crippen LogP contribution in [0.3, 0.4) is 0 Å². The summed E-state index contributed by atoms with van der Waals surface area (Å²) < 4.78 is 5.74. The Hall–Kier alpha value is -2.83. The van der Waals surface area contributed by atoms with E-state index in [1.54, 1.807) is 12.3 Å². The Balaban J connectivity index is 2.24. The number of hydrogen-bond acceptors (Lipinski definition) is 6. The third kappa shape index (κ3) is 2.33. The van der Waals surface area contributed by atoms with Crippen molar-refractivity contribution in [2.75, 3.05) is 24.7 Å². The lowest BCUT2D eigenvalue weighted by Crippen LogP contribution is -1.98. The average Bonchev–Trinajstić information content (AvgIpc) is 2.91. The zero-order chi connectivity index (χ0) is 14.8. The molecular formula is C14H16N6O. The third-order valence-electron chi connectivity index (χ3n) is 3.11. The van der Waals surface area contributed by atoms with Gasteiger partial charge in [0, 0.05) is 31.1 Å². The smallest absolute Gasteiger partial charge is 0.220 e. The molecule has 0 atom stereocenters. The summed E-state index contributed by atoms with van der Waals surface area (Å²) in [5.41, 5.74) is 8.01. The van der Waals surface area contributed by atoms with E-state index in [-0.39, 0.29) is 5.95 Å². The number of hydrogen-bond donors (Lipinski definition) is 3. The van der Waals surface area contributed by atoms with Gasteiger partial charge in [0.25, 0.3) is 0 Å². The Morgan fingerprint density at radius 1 is 1.38 bits per heavy atom. The second kappa shape index (κ2) is 5.28. The van der Waals surface area contributed by atoms with Gasteiger partial charge < -0.3 is 20.8 Å². The standard InChI is InChI=1S/C14H16N6O/c1-3-21-10-6-11(16-2)20-13-12(10)8(7-18-13)9-4-5-17-14(15)19-9/h4-7H,3H2,1-2H3,(H2,15,17,19)(H2,16,18,20). The van der Waals surface area contributed by atoms with E-state index in [2.05, 4.69) is 25.3 Å². The monoisotopic (exact) mass is 284 g/mol. The van der Waals surface area contributed by atoms with Crippen molar-refractivity contribution < 1.29 is 4.74 Å². The maximum atomic E-state index is 5.74. The molecule has 0 saturated carbocycles. The lowest BCUT2D eigenvalue weighted by atomic mass is 10.1. The molecule has 4 N–H and O–H groups in total. The maximum Gasteiger partial charge on any atom is 0.220 e. The van der Waals surface area contributed by atoms with Gasteiger partial charge in [-0.2, -0.15) is 0 Å². The predicted octanol–water partition coefficient (Wildman–Crippen LogP) is 2.04. The Morgan fingerprint density at radius 2 is 2.24 bits per heavy atom. The minimum absolute atomic E-state index is 0.236. The van der Waals surface area contributed by atoms with Crippen molar-refractivity contribution in [1.29, 1.82) is 0 Å². The molecule has 3 aromatic rings. The van der Waals surface area contributed by atoms with Gasteiger partial charge in [-0.05, 0) is 13.0 Å². The number of aromatic nitrogens is 4. The largest absolute Gasteiger partial charge is 0.493 e. The van der Waals surface area contributed by atoms with Crippen molar-refractivity contribution >= 4 is 22.8 Å². The molecule has 7 nitrogen and oxygen atoms in total. The van der Waals surface area contributed by atoms with Crippen LogP contribution in [0.15, 0.2) is 24.5 Å². The zero-order valence-electron chi connectivity index (χ0n) is 11.8. The molecular weight excluding hydrogens is 268 g/mol. The number of H-pyrrole nitrogens is 1. The van der Waals surface area contributed by atoms with Crippen molar-refractivity contribution in [2.45, 2.75) is 6.92 Å². The molecule has 3 rings (SSSR count). The SMILES string of the molecule is CCOc1cc(NC)nc2[nH]cc(-c3ccnc(N)n3)c12. The van der Waals surface area contributed by atoms with Crippen LogP contribution in [0, 0.1) is 0 Å². The number of rotatable bonds is 4. The normalized spacial score (nSPS) is 10.8. The molecule has 0 spiro atoms. The highest BCUT2D eigenvalue weighted by atomic mass is 16.5. The van der Waals surface area contributed by atoms with E-state index in [0.29, 0.717) is 6.61 Å². The molecule has 0 saturated heterocycles. The van der Waals surface area contributed by atoms with Gasteiger partial charge in [-0.15, -0.1) is 0 Å². The highest BCUT2D eigenvalue weighted by molar-refractivity contribution is 5.98. The van der Waals surface area contributed by atoms with Gasteiger partial charge in [0.2, 0.25) is 5.95 Å². The van der Waals surface area contributed by atoms with Crippen molar-refractivity contribution in [3.05, 3.63) is 24.5 Å². The first-order valence-corrected chi connectivity index (χ1v) is 6.64. The van der Waals surface area contributed by atoms with E-state index < -0.39 is 0 Å². The van der Waals surface area contributed by atoms with E-state index in [9.17, 15) is 0 Å². The number of pyridine rings is 1. The fourth-order valence-electron chi connectivity index (χ4n) is 2.22. The molecule has 0 bridgehead atoms. The predicted molar refractivity (Wildman–Crippen MR) is 82.2 cm³/mol. The van der Waals surface area contributed by atoms with Gasteiger partial charge in [0.1, 0.15) is 17.2 Å². The highest BCUT2D eigenvalue weighted by Crippen LogP contribution is 2.35. The third-order valence-corrected chi connectivity index (χ3v) is 3.11. The van der Waals surface area contributed by atoms with Crippen molar-refractivity contribution in [3.8, 4) is 17.0 Å². The number of fused-ring (bicyclic) bond motifs is 1. The summed E-state index contributed by atoms with van der Waals surface area (Å²) in [5, 5.41) is 3.90. The van der Waals surface area contributed by atoms with Crippen molar-refractivity contribution in [2.24, 2.45) is 0 Å². The first-order chi connectivity index (χ1) is 10.2.